The summed E-state index contributed by atoms with van der Waals surface area (Å²) in [4.78, 5) is 31.3. The number of nitrogens with one attached hydrogen (secondary N) is 1. The van der Waals surface area contributed by atoms with Gasteiger partial charge in [0.05, 0.1) is 12.2 Å². The Labute approximate surface area is 157 Å². The summed E-state index contributed by atoms with van der Waals surface area (Å²) < 4.78 is 1.51. The number of carbonyl (C=O) groups is 1. The van der Waals surface area contributed by atoms with Gasteiger partial charge in [-0.25, -0.2) is 4.98 Å². The van der Waals surface area contributed by atoms with Crippen molar-refractivity contribution in [2.75, 3.05) is 0 Å². The number of amides is 1. The molecule has 7 heteroatoms. The molecular formula is C19H15N3O2S2. The molecule has 0 saturated carbocycles. The van der Waals surface area contributed by atoms with E-state index in [-0.39, 0.29) is 11.1 Å². The number of fused-ring (bicyclic) bond motifs is 1. The highest BCUT2D eigenvalue weighted by Crippen LogP contribution is 2.24. The summed E-state index contributed by atoms with van der Waals surface area (Å²) in [7, 11) is 0. The van der Waals surface area contributed by atoms with Gasteiger partial charge in [0.15, 0.2) is 4.96 Å². The minimum atomic E-state index is -0.411. The van der Waals surface area contributed by atoms with Gasteiger partial charge in [-0.3, -0.25) is 14.0 Å². The van der Waals surface area contributed by atoms with Crippen molar-refractivity contribution in [1.82, 2.24) is 14.7 Å². The fourth-order valence-electron chi connectivity index (χ4n) is 2.65. The van der Waals surface area contributed by atoms with E-state index in [0.29, 0.717) is 11.5 Å². The Morgan fingerprint density at radius 3 is 2.73 bits per heavy atom. The van der Waals surface area contributed by atoms with Gasteiger partial charge >= 0.3 is 0 Å². The molecule has 1 aromatic carbocycles. The minimum Gasteiger partial charge on any atom is -0.347 e. The van der Waals surface area contributed by atoms with Crippen LogP contribution in [-0.2, 0) is 6.54 Å². The van der Waals surface area contributed by atoms with Crippen LogP contribution in [-0.4, -0.2) is 15.3 Å². The predicted octanol–water partition coefficient (Wildman–Crippen LogP) is 3.72. The minimum absolute atomic E-state index is 0.0471. The molecule has 1 N–H and O–H groups in total. The normalized spacial score (nSPS) is 11.0. The maximum Gasteiger partial charge on any atom is 0.271 e. The molecule has 4 rings (SSSR count). The Morgan fingerprint density at radius 2 is 2.00 bits per heavy atom. The molecule has 0 aliphatic heterocycles. The fourth-order valence-corrected chi connectivity index (χ4v) is 4.15. The van der Waals surface area contributed by atoms with Crippen molar-refractivity contribution in [2.24, 2.45) is 0 Å². The number of aromatic nitrogens is 2. The zero-order valence-electron chi connectivity index (χ0n) is 13.9. The van der Waals surface area contributed by atoms with Crippen molar-refractivity contribution >= 4 is 33.5 Å². The molecule has 0 radical (unpaired) electrons. The van der Waals surface area contributed by atoms with E-state index in [4.69, 9.17) is 0 Å². The van der Waals surface area contributed by atoms with E-state index >= 15 is 0 Å². The molecule has 0 aliphatic rings. The lowest BCUT2D eigenvalue weighted by Gasteiger charge is -2.06. The first-order valence-electron chi connectivity index (χ1n) is 8.00. The lowest BCUT2D eigenvalue weighted by atomic mass is 10.1. The van der Waals surface area contributed by atoms with Gasteiger partial charge in [0.25, 0.3) is 11.5 Å². The quantitative estimate of drug-likeness (QED) is 0.586. The van der Waals surface area contributed by atoms with E-state index in [1.807, 2.05) is 54.1 Å². The summed E-state index contributed by atoms with van der Waals surface area (Å²) in [5, 5.41) is 6.63. The number of thiazole rings is 1. The summed E-state index contributed by atoms with van der Waals surface area (Å²) in [5.74, 6) is -0.411. The molecule has 0 saturated heterocycles. The Hall–Kier alpha value is -2.77. The van der Waals surface area contributed by atoms with Gasteiger partial charge in [0.1, 0.15) is 5.56 Å². The summed E-state index contributed by atoms with van der Waals surface area (Å²) in [6.45, 7) is 2.41. The van der Waals surface area contributed by atoms with Crippen LogP contribution >= 0.6 is 22.7 Å². The average Bonchev–Trinajstić information content (AvgIpc) is 3.31. The van der Waals surface area contributed by atoms with E-state index in [9.17, 15) is 9.59 Å². The summed E-state index contributed by atoms with van der Waals surface area (Å²) in [5.41, 5.74) is 2.51. The topological polar surface area (TPSA) is 63.5 Å². The highest BCUT2D eigenvalue weighted by atomic mass is 32.1. The van der Waals surface area contributed by atoms with Crippen molar-refractivity contribution in [1.29, 1.82) is 0 Å². The number of carbonyl (C=O) groups excluding carboxylic acids is 1. The first-order chi connectivity index (χ1) is 12.6. The SMILES string of the molecule is Cc1ccc(-c2csc3ncc(C(=O)NCc4cccs4)c(=O)n23)cc1. The molecule has 0 atom stereocenters. The Balaban J connectivity index is 1.72. The van der Waals surface area contributed by atoms with Crippen LogP contribution in [0.2, 0.25) is 0 Å². The molecule has 0 aliphatic carbocycles. The van der Waals surface area contributed by atoms with Crippen LogP contribution < -0.4 is 10.9 Å². The lowest BCUT2D eigenvalue weighted by molar-refractivity contribution is 0.0949. The van der Waals surface area contributed by atoms with Gasteiger partial charge in [-0.1, -0.05) is 35.9 Å². The fraction of sp³-hybridized carbons (Fsp3) is 0.105. The Morgan fingerprint density at radius 1 is 1.19 bits per heavy atom. The lowest BCUT2D eigenvalue weighted by Crippen LogP contribution is -2.31. The molecule has 5 nitrogen and oxygen atoms in total. The molecule has 0 unspecified atom stereocenters. The van der Waals surface area contributed by atoms with Crippen molar-refractivity contribution < 1.29 is 4.79 Å². The average molecular weight is 381 g/mol. The molecule has 1 amide bonds. The molecule has 0 bridgehead atoms. The van der Waals surface area contributed by atoms with E-state index in [2.05, 4.69) is 10.3 Å². The van der Waals surface area contributed by atoms with Crippen molar-refractivity contribution in [3.8, 4) is 11.3 Å². The van der Waals surface area contributed by atoms with Crippen molar-refractivity contribution in [3.63, 3.8) is 0 Å². The first kappa shape index (κ1) is 16.7. The molecule has 4 aromatic rings. The third kappa shape index (κ3) is 3.07. The second-order valence-corrected chi connectivity index (χ2v) is 7.71. The predicted molar refractivity (Wildman–Crippen MR) is 105 cm³/mol. The number of nitrogens with zero attached hydrogens (tertiary/aromatic N) is 2. The highest BCUT2D eigenvalue weighted by Gasteiger charge is 2.17. The van der Waals surface area contributed by atoms with Crippen molar-refractivity contribution in [3.05, 3.63) is 79.7 Å². The van der Waals surface area contributed by atoms with Gasteiger partial charge in [-0.2, -0.15) is 0 Å². The van der Waals surface area contributed by atoms with Crippen LogP contribution in [0.3, 0.4) is 0 Å². The third-order valence-corrected chi connectivity index (χ3v) is 5.76. The number of benzene rings is 1. The second kappa shape index (κ2) is 6.86. The largest absolute Gasteiger partial charge is 0.347 e. The molecule has 3 heterocycles. The molecule has 0 spiro atoms. The number of thiophene rings is 1. The second-order valence-electron chi connectivity index (χ2n) is 5.84. The Bertz CT molecular complexity index is 1130. The standard InChI is InChI=1S/C19H15N3O2S2/c1-12-4-6-13(7-5-12)16-11-26-19-21-10-15(18(24)22(16)19)17(23)20-9-14-3-2-8-25-14/h2-8,10-11H,9H2,1H3,(H,20,23). The van der Waals surface area contributed by atoms with Gasteiger partial charge in [0, 0.05) is 16.5 Å². The van der Waals surface area contributed by atoms with Gasteiger partial charge in [0.2, 0.25) is 0 Å². The maximum atomic E-state index is 12.9. The summed E-state index contributed by atoms with van der Waals surface area (Å²) >= 11 is 2.94. The monoisotopic (exact) mass is 381 g/mol. The van der Waals surface area contributed by atoms with E-state index in [1.54, 1.807) is 11.3 Å². The highest BCUT2D eigenvalue weighted by molar-refractivity contribution is 7.15. The van der Waals surface area contributed by atoms with Crippen LogP contribution in [0.1, 0.15) is 20.8 Å². The number of hydrogen-bond acceptors (Lipinski definition) is 5. The van der Waals surface area contributed by atoms with Crippen LogP contribution in [0.4, 0.5) is 0 Å². The van der Waals surface area contributed by atoms with Crippen LogP contribution in [0.5, 0.6) is 0 Å². The first-order valence-corrected chi connectivity index (χ1v) is 9.76. The molecule has 0 fully saturated rings. The molecule has 130 valence electrons. The van der Waals surface area contributed by atoms with Gasteiger partial charge in [-0.15, -0.1) is 22.7 Å². The summed E-state index contributed by atoms with van der Waals surface area (Å²) in [6, 6.07) is 11.8. The number of hydrogen-bond donors (Lipinski definition) is 1. The zero-order chi connectivity index (χ0) is 18.1. The smallest absolute Gasteiger partial charge is 0.271 e. The van der Waals surface area contributed by atoms with Gasteiger partial charge in [-0.05, 0) is 23.9 Å². The molecule has 26 heavy (non-hydrogen) atoms. The zero-order valence-corrected chi connectivity index (χ0v) is 15.6. The van der Waals surface area contributed by atoms with E-state index in [1.165, 1.54) is 21.9 Å². The van der Waals surface area contributed by atoms with E-state index in [0.717, 1.165) is 21.7 Å². The van der Waals surface area contributed by atoms with Crippen LogP contribution in [0.25, 0.3) is 16.2 Å². The third-order valence-electron chi connectivity index (χ3n) is 4.04. The number of rotatable bonds is 4. The van der Waals surface area contributed by atoms with Crippen LogP contribution in [0.15, 0.2) is 58.1 Å². The number of aryl methyl sites for hydroxylation is 1. The maximum absolute atomic E-state index is 12.9. The summed E-state index contributed by atoms with van der Waals surface area (Å²) in [6.07, 6.45) is 1.36. The van der Waals surface area contributed by atoms with Gasteiger partial charge < -0.3 is 5.32 Å². The Kier molecular flexibility index (Phi) is 4.40. The molecular weight excluding hydrogens is 366 g/mol. The van der Waals surface area contributed by atoms with E-state index < -0.39 is 5.91 Å². The van der Waals surface area contributed by atoms with Crippen molar-refractivity contribution in [2.45, 2.75) is 13.5 Å². The van der Waals surface area contributed by atoms with Crippen LogP contribution in [0, 0.1) is 6.92 Å². The molecule has 3 aromatic heterocycles.